The molecule has 0 fully saturated rings. The monoisotopic (exact) mass is 1010 g/mol. The highest BCUT2D eigenvalue weighted by Crippen LogP contribution is 2.58. The van der Waals surface area contributed by atoms with E-state index in [4.69, 9.17) is 9.47 Å². The van der Waals surface area contributed by atoms with E-state index in [1.165, 1.54) is 22.3 Å². The van der Waals surface area contributed by atoms with E-state index in [1.807, 2.05) is 48.5 Å². The molecular formula is C70H76O6. The molecule has 0 saturated heterocycles. The molecular weight excluding hydrogens is 937 g/mol. The van der Waals surface area contributed by atoms with Crippen LogP contribution in [0.1, 0.15) is 155 Å². The first kappa shape index (κ1) is 53.4. The summed E-state index contributed by atoms with van der Waals surface area (Å²) >= 11 is 0. The van der Waals surface area contributed by atoms with E-state index in [2.05, 4.69) is 159 Å². The Labute approximate surface area is 451 Å². The molecule has 0 atom stereocenters. The topological polar surface area (TPSA) is 99.4 Å². The molecule has 76 heavy (non-hydrogen) atoms. The highest BCUT2D eigenvalue weighted by Gasteiger charge is 2.41. The van der Waals surface area contributed by atoms with Crippen molar-refractivity contribution >= 4 is 0 Å². The molecule has 0 radical (unpaired) electrons. The summed E-state index contributed by atoms with van der Waals surface area (Å²) in [5.41, 5.74) is 16.8. The minimum Gasteiger partial charge on any atom is -0.508 e. The van der Waals surface area contributed by atoms with Gasteiger partial charge in [-0.1, -0.05) is 184 Å². The van der Waals surface area contributed by atoms with Crippen molar-refractivity contribution in [3.8, 4) is 90.5 Å². The van der Waals surface area contributed by atoms with Crippen LogP contribution in [0.5, 0.6) is 46.0 Å². The zero-order valence-corrected chi connectivity index (χ0v) is 47.5. The van der Waals surface area contributed by atoms with E-state index in [1.54, 1.807) is 48.5 Å². The molecule has 10 rings (SSSR count). The molecule has 0 aliphatic carbocycles. The Morgan fingerprint density at radius 1 is 0.276 bits per heavy atom. The van der Waals surface area contributed by atoms with E-state index in [0.717, 1.165) is 89.8 Å². The summed E-state index contributed by atoms with van der Waals surface area (Å²) in [6.45, 7) is 36.0. The lowest BCUT2D eigenvalue weighted by molar-refractivity contribution is 0.417. The first-order chi connectivity index (χ1) is 35.3. The molecule has 2 aliphatic rings. The number of phenolic OH excluding ortho intramolecular Hbond substituents is 4. The Kier molecular flexibility index (Phi) is 13.1. The minimum atomic E-state index is -0.331. The van der Waals surface area contributed by atoms with Crippen molar-refractivity contribution in [2.45, 2.75) is 143 Å². The fourth-order valence-electron chi connectivity index (χ4n) is 10.5. The molecule has 8 aromatic rings. The zero-order valence-electron chi connectivity index (χ0n) is 47.5. The Morgan fingerprint density at radius 3 is 0.605 bits per heavy atom. The Morgan fingerprint density at radius 2 is 0.447 bits per heavy atom. The summed E-state index contributed by atoms with van der Waals surface area (Å²) in [4.78, 5) is 0. The number of rotatable bonds is 4. The smallest absolute Gasteiger partial charge is 0.139 e. The van der Waals surface area contributed by atoms with Crippen LogP contribution in [-0.2, 0) is 32.5 Å². The van der Waals surface area contributed by atoms with Gasteiger partial charge >= 0.3 is 0 Å². The molecule has 0 amide bonds. The van der Waals surface area contributed by atoms with Crippen LogP contribution >= 0.6 is 0 Å². The quantitative estimate of drug-likeness (QED) is 0.140. The maximum atomic E-state index is 9.96. The molecule has 6 nitrogen and oxygen atoms in total. The molecule has 0 spiro atoms. The molecule has 6 heteroatoms. The maximum Gasteiger partial charge on any atom is 0.139 e. The Balaban J connectivity index is 0.000000186. The van der Waals surface area contributed by atoms with Crippen molar-refractivity contribution in [3.05, 3.63) is 190 Å². The van der Waals surface area contributed by atoms with Crippen LogP contribution < -0.4 is 9.47 Å². The summed E-state index contributed by atoms with van der Waals surface area (Å²) in [5, 5.41) is 39.9. The van der Waals surface area contributed by atoms with Gasteiger partial charge in [-0.25, -0.2) is 0 Å². The number of fused-ring (bicyclic) bond motifs is 4. The molecule has 392 valence electrons. The van der Waals surface area contributed by atoms with E-state index in [9.17, 15) is 20.4 Å². The third-order valence-corrected chi connectivity index (χ3v) is 15.6. The van der Waals surface area contributed by atoms with Crippen LogP contribution in [-0.4, -0.2) is 20.4 Å². The zero-order chi connectivity index (χ0) is 55.2. The number of phenols is 4. The Hall–Kier alpha value is -7.44. The summed E-state index contributed by atoms with van der Waals surface area (Å²) < 4.78 is 13.9. The number of ether oxygens (including phenoxy) is 2. The van der Waals surface area contributed by atoms with Gasteiger partial charge < -0.3 is 29.9 Å². The van der Waals surface area contributed by atoms with E-state index in [0.29, 0.717) is 0 Å². The first-order valence-electron chi connectivity index (χ1n) is 26.6. The summed E-state index contributed by atoms with van der Waals surface area (Å²) in [7, 11) is 0. The Bertz CT molecular complexity index is 3030. The van der Waals surface area contributed by atoms with Crippen LogP contribution in [0.15, 0.2) is 146 Å². The van der Waals surface area contributed by atoms with Crippen LogP contribution in [0.4, 0.5) is 0 Å². The molecule has 2 aliphatic heterocycles. The molecule has 8 aromatic carbocycles. The van der Waals surface area contributed by atoms with E-state index >= 15 is 0 Å². The van der Waals surface area contributed by atoms with Crippen molar-refractivity contribution < 1.29 is 29.9 Å². The fourth-order valence-corrected chi connectivity index (χ4v) is 10.5. The second kappa shape index (κ2) is 18.7. The van der Waals surface area contributed by atoms with Gasteiger partial charge in [0.25, 0.3) is 0 Å². The summed E-state index contributed by atoms with van der Waals surface area (Å²) in [6.07, 6.45) is 0. The van der Waals surface area contributed by atoms with Gasteiger partial charge in [0.15, 0.2) is 0 Å². The lowest BCUT2D eigenvalue weighted by atomic mass is 9.70. The SMILES string of the molecule is CC(C)(C)c1cc(-c2ccc(O)cc2)c2c(c1)C(C)(C)c1cc(C(C)(C)C)cc(-c3ccc(O)cc3)c1O2.CC(C)(C)c1cc(-c2ccc(O)cc2)c2c(c1)C(C)(C)c1cc(C(C)(C)C)cc(-c3ccc(O)cc3)c1O2. The molecule has 0 aromatic heterocycles. The van der Waals surface area contributed by atoms with Gasteiger partial charge in [0, 0.05) is 55.3 Å². The van der Waals surface area contributed by atoms with Crippen LogP contribution in [0, 0.1) is 0 Å². The van der Waals surface area contributed by atoms with Gasteiger partial charge in [-0.15, -0.1) is 0 Å². The number of hydrogen-bond donors (Lipinski definition) is 4. The van der Waals surface area contributed by atoms with Gasteiger partial charge in [0.1, 0.15) is 46.0 Å². The van der Waals surface area contributed by atoms with Gasteiger partial charge in [-0.2, -0.15) is 0 Å². The number of benzene rings is 8. The number of hydrogen-bond acceptors (Lipinski definition) is 6. The van der Waals surface area contributed by atoms with Crippen molar-refractivity contribution in [2.24, 2.45) is 0 Å². The average molecular weight is 1010 g/mol. The van der Waals surface area contributed by atoms with E-state index in [-0.39, 0.29) is 55.5 Å². The van der Waals surface area contributed by atoms with Crippen molar-refractivity contribution in [1.29, 1.82) is 0 Å². The largest absolute Gasteiger partial charge is 0.508 e. The summed E-state index contributed by atoms with van der Waals surface area (Å²) in [6, 6.07) is 47.6. The minimum absolute atomic E-state index is 0.0541. The standard InChI is InChI=1S/2C35H38O3/c2*1-33(2,3)23-17-27(21-9-13-25(36)14-10-21)31-29(19-23)35(7,8)30-20-24(34(4,5)6)18-28(32(30)38-31)22-11-15-26(37)16-12-22/h2*9-20,36-37H,1-8H3. The molecule has 0 unspecified atom stereocenters. The second-order valence-corrected chi connectivity index (χ2v) is 26.2. The highest BCUT2D eigenvalue weighted by molar-refractivity contribution is 5.84. The molecule has 2 heterocycles. The van der Waals surface area contributed by atoms with E-state index < -0.39 is 0 Å². The lowest BCUT2D eigenvalue weighted by Gasteiger charge is -2.39. The van der Waals surface area contributed by atoms with Gasteiger partial charge in [-0.05, 0) is 139 Å². The predicted molar refractivity (Wildman–Crippen MR) is 313 cm³/mol. The fraction of sp³-hybridized carbons (Fsp3) is 0.314. The first-order valence-corrected chi connectivity index (χ1v) is 26.6. The van der Waals surface area contributed by atoms with Crippen LogP contribution in [0.25, 0.3) is 44.5 Å². The number of aromatic hydroxyl groups is 4. The lowest BCUT2D eigenvalue weighted by Crippen LogP contribution is -2.27. The van der Waals surface area contributed by atoms with Crippen LogP contribution in [0.2, 0.25) is 0 Å². The molecule has 4 N–H and O–H groups in total. The molecule has 0 bridgehead atoms. The predicted octanol–water partition coefficient (Wildman–Crippen LogP) is 18.9. The normalized spacial score (nSPS) is 14.4. The summed E-state index contributed by atoms with van der Waals surface area (Å²) in [5.74, 6) is 4.37. The van der Waals surface area contributed by atoms with Crippen LogP contribution in [0.3, 0.4) is 0 Å². The second-order valence-electron chi connectivity index (χ2n) is 26.2. The van der Waals surface area contributed by atoms with Crippen molar-refractivity contribution in [2.75, 3.05) is 0 Å². The highest BCUT2D eigenvalue weighted by atomic mass is 16.5. The van der Waals surface area contributed by atoms with Crippen molar-refractivity contribution in [1.82, 2.24) is 0 Å². The van der Waals surface area contributed by atoms with Gasteiger partial charge in [0.05, 0.1) is 0 Å². The van der Waals surface area contributed by atoms with Crippen molar-refractivity contribution in [3.63, 3.8) is 0 Å². The molecule has 0 saturated carbocycles. The average Bonchev–Trinajstić information content (AvgIpc) is 3.36. The van der Waals surface area contributed by atoms with Gasteiger partial charge in [0.2, 0.25) is 0 Å². The third-order valence-electron chi connectivity index (χ3n) is 15.6. The van der Waals surface area contributed by atoms with Gasteiger partial charge in [-0.3, -0.25) is 0 Å². The maximum absolute atomic E-state index is 9.96. The third kappa shape index (κ3) is 10.1.